The second-order valence-corrected chi connectivity index (χ2v) is 13.1. The summed E-state index contributed by atoms with van der Waals surface area (Å²) in [5.74, 6) is 0. The Bertz CT molecular complexity index is 5210. The van der Waals surface area contributed by atoms with Crippen LogP contribution in [0.2, 0.25) is 0 Å². The first-order chi connectivity index (χ1) is 44.4. The van der Waals surface area contributed by atoms with Gasteiger partial charge in [0.25, 0.3) is 0 Å². The minimum atomic E-state index is -3.35. The van der Waals surface area contributed by atoms with Crippen LogP contribution < -0.4 is 4.90 Å². The summed E-state index contributed by atoms with van der Waals surface area (Å²) in [6.45, 7) is -2.32. The molecule has 0 N–H and O–H groups in total. The second kappa shape index (κ2) is 13.9. The second-order valence-electron chi connectivity index (χ2n) is 13.1. The number of aromatic nitrogens is 1. The Kier molecular flexibility index (Phi) is 3.20. The van der Waals surface area contributed by atoms with Gasteiger partial charge in [-0.05, 0) is 98.9 Å². The first-order valence-electron chi connectivity index (χ1n) is 36.0. The third-order valence-electron chi connectivity index (χ3n) is 9.69. The van der Waals surface area contributed by atoms with Crippen molar-refractivity contribution in [1.29, 1.82) is 0 Å². The molecule has 0 fully saturated rings. The van der Waals surface area contributed by atoms with E-state index in [2.05, 4.69) is 0 Å². The van der Waals surface area contributed by atoms with Gasteiger partial charge in [0.2, 0.25) is 0 Å². The van der Waals surface area contributed by atoms with Crippen LogP contribution in [0.4, 0.5) is 17.1 Å². The molecule has 59 heavy (non-hydrogen) atoms. The standard InChI is InChI=1S/C57H42N2/c1-57(2)51-25-13-9-23-47(51)48-35-34-44(38-52(48)57)58(53-26-14-10-21-45(53)40-17-5-3-6-18-40)43-32-29-39(30-33-43)42-31-36-56-50(37-42)49-24-12-16-28-55(49)59(56)54-27-15-11-22-46(54)41-19-7-4-8-20-41/h3-38H,1-2H3/i1D3,3D,4D,5D,6D,7D,8D,9D,10D,11D,12D,13D,14D,15D,16D,17D,18D,19D,20D,22D,23D,24D,25D,26D,27D,28D,29D,30D,31D,32D,33D,34D,35D,36D,37D. The van der Waals surface area contributed by atoms with Crippen molar-refractivity contribution in [1.82, 2.24) is 4.57 Å². The van der Waals surface area contributed by atoms with Crippen LogP contribution in [-0.4, -0.2) is 4.57 Å². The fraction of sp³-hybridized carbons (Fsp3) is 0.0526. The summed E-state index contributed by atoms with van der Waals surface area (Å²) < 4.78 is 338. The van der Waals surface area contributed by atoms with Gasteiger partial charge in [-0.2, -0.15) is 0 Å². The molecule has 0 aliphatic heterocycles. The SMILES string of the molecule is [2H]c1cc(-c2c([2H])c([2H])c([2H])c([2H])c2[2H])c(N(c2cc3c(c([2H])c2[2H])-c2c([2H])c([2H])c([2H])c([2H])c2C3(C)C([2H])([2H])[2H])c2c([2H])c([2H])c(-c3c([2H])c([2H])c4c(c3[2H])c3c([2H])c([2H])c([2H])c([2H])c3n4-c3c([2H])c([2H])c([2H])c([2H])c3-c3c([2H])c([2H])c([2H])c([2H])c3[2H])c([2H])c2[2H])c([2H])c1[2H]. The highest BCUT2D eigenvalue weighted by Gasteiger charge is 2.36. The summed E-state index contributed by atoms with van der Waals surface area (Å²) in [6, 6.07) is -34.4. The lowest BCUT2D eigenvalue weighted by atomic mass is 9.82. The Morgan fingerprint density at radius 3 is 1.86 bits per heavy atom. The van der Waals surface area contributed by atoms with Crippen LogP contribution in [0.1, 0.15) is 75.6 Å². The van der Waals surface area contributed by atoms with Crippen molar-refractivity contribution in [3.05, 3.63) is 229 Å². The maximum absolute atomic E-state index is 10.0. The lowest BCUT2D eigenvalue weighted by molar-refractivity contribution is 0.660. The fourth-order valence-corrected chi connectivity index (χ4v) is 7.04. The summed E-state index contributed by atoms with van der Waals surface area (Å²) in [4.78, 5) is 0.486. The number of anilines is 3. The van der Waals surface area contributed by atoms with Crippen LogP contribution in [0.5, 0.6) is 0 Å². The number of nitrogens with zero attached hydrogens (tertiary/aromatic N) is 2. The Labute approximate surface area is 397 Å². The Morgan fingerprint density at radius 1 is 0.458 bits per heavy atom. The molecule has 0 saturated heterocycles. The number of hydrogen-bond donors (Lipinski definition) is 0. The van der Waals surface area contributed by atoms with E-state index >= 15 is 0 Å². The fourth-order valence-electron chi connectivity index (χ4n) is 7.04. The van der Waals surface area contributed by atoms with E-state index in [9.17, 15) is 19.2 Å². The molecule has 0 spiro atoms. The Balaban J connectivity index is 1.32. The molecule has 1 aromatic heterocycles. The smallest absolute Gasteiger partial charge is 0.0645 e. The van der Waals surface area contributed by atoms with E-state index < -0.39 is 318 Å². The normalized spacial score (nSPS) is 23.4. The van der Waals surface area contributed by atoms with E-state index in [0.29, 0.717) is 9.47 Å². The predicted molar refractivity (Wildman–Crippen MR) is 249 cm³/mol. The van der Waals surface area contributed by atoms with E-state index in [-0.39, 0.29) is 0 Å². The summed E-state index contributed by atoms with van der Waals surface area (Å²) in [5.41, 5.74) is -15.9. The molecule has 10 aromatic rings. The summed E-state index contributed by atoms with van der Waals surface area (Å²) in [6.07, 6.45) is 0. The largest absolute Gasteiger partial charge is 0.310 e. The summed E-state index contributed by atoms with van der Waals surface area (Å²) >= 11 is 0. The molecular formula is C57H42N2. The molecule has 11 rings (SSSR count). The molecule has 0 saturated carbocycles. The van der Waals surface area contributed by atoms with Crippen molar-refractivity contribution in [2.24, 2.45) is 0 Å². The van der Waals surface area contributed by atoms with E-state index in [1.54, 1.807) is 0 Å². The molecule has 1 aliphatic rings. The molecule has 1 atom stereocenters. The van der Waals surface area contributed by atoms with E-state index in [1.165, 1.54) is 0 Å². The van der Waals surface area contributed by atoms with Gasteiger partial charge in [-0.3, -0.25) is 0 Å². The van der Waals surface area contributed by atoms with Gasteiger partial charge in [-0.1, -0.05) is 177 Å². The highest BCUT2D eigenvalue weighted by atomic mass is 15.1. The van der Waals surface area contributed by atoms with Crippen LogP contribution in [0, 0.1) is 0 Å². The zero-order valence-corrected chi connectivity index (χ0v) is 30.0. The third kappa shape index (κ3) is 5.71. The van der Waals surface area contributed by atoms with Crippen molar-refractivity contribution in [3.8, 4) is 50.2 Å². The van der Waals surface area contributed by atoms with Crippen LogP contribution in [0.3, 0.4) is 0 Å². The number of benzene rings is 9. The van der Waals surface area contributed by atoms with Gasteiger partial charge < -0.3 is 9.47 Å². The lowest BCUT2D eigenvalue weighted by Gasteiger charge is -2.30. The molecule has 0 amide bonds. The lowest BCUT2D eigenvalue weighted by Crippen LogP contribution is -2.16. The van der Waals surface area contributed by atoms with Gasteiger partial charge in [0, 0.05) is 42.8 Å². The molecule has 280 valence electrons. The highest BCUT2D eigenvalue weighted by molar-refractivity contribution is 6.11. The molecule has 1 unspecified atom stereocenters. The van der Waals surface area contributed by atoms with Gasteiger partial charge >= 0.3 is 0 Å². The van der Waals surface area contributed by atoms with Gasteiger partial charge in [-0.15, -0.1) is 0 Å². The molecule has 9 aromatic carbocycles. The van der Waals surface area contributed by atoms with Crippen molar-refractivity contribution < 1.29 is 50.7 Å². The average molecular weight is 792 g/mol. The Morgan fingerprint density at radius 2 is 1.07 bits per heavy atom. The maximum Gasteiger partial charge on any atom is 0.0645 e. The topological polar surface area (TPSA) is 8.17 Å². The molecule has 0 bridgehead atoms. The predicted octanol–water partition coefficient (Wildman–Crippen LogP) is 15.6. The van der Waals surface area contributed by atoms with Crippen molar-refractivity contribution in [2.75, 3.05) is 4.90 Å². The van der Waals surface area contributed by atoms with Gasteiger partial charge in [0.05, 0.1) is 69.0 Å². The van der Waals surface area contributed by atoms with Crippen LogP contribution in [-0.2, 0) is 5.41 Å². The van der Waals surface area contributed by atoms with Crippen LogP contribution in [0.25, 0.3) is 72.0 Å². The number of hydrogen-bond acceptors (Lipinski definition) is 1. The van der Waals surface area contributed by atoms with E-state index in [0.717, 1.165) is 19.1 Å². The van der Waals surface area contributed by atoms with Gasteiger partial charge in [0.1, 0.15) is 0 Å². The molecule has 2 nitrogen and oxygen atoms in total. The van der Waals surface area contributed by atoms with Gasteiger partial charge in [-0.25, -0.2) is 0 Å². The first-order valence-corrected chi connectivity index (χ1v) is 17.5. The number of para-hydroxylation sites is 3. The quantitative estimate of drug-likeness (QED) is 0.156. The minimum absolute atomic E-state index is 0.486. The van der Waals surface area contributed by atoms with Crippen molar-refractivity contribution in [3.63, 3.8) is 0 Å². The highest BCUT2D eigenvalue weighted by Crippen LogP contribution is 2.51. The van der Waals surface area contributed by atoms with Gasteiger partial charge in [0.15, 0.2) is 0 Å². The molecular weight excluding hydrogens is 713 g/mol. The molecule has 2 heteroatoms. The van der Waals surface area contributed by atoms with Crippen molar-refractivity contribution in [2.45, 2.75) is 19.2 Å². The average Bonchev–Trinajstić information content (AvgIpc) is 1.49. The van der Waals surface area contributed by atoms with Crippen molar-refractivity contribution >= 4 is 38.9 Å². The summed E-state index contributed by atoms with van der Waals surface area (Å²) in [5, 5.41) is -1.54. The van der Waals surface area contributed by atoms with E-state index in [4.69, 9.17) is 31.5 Å². The zero-order chi connectivity index (χ0) is 71.6. The Hall–Kier alpha value is -7.42. The van der Waals surface area contributed by atoms with E-state index in [1.807, 2.05) is 0 Å². The minimum Gasteiger partial charge on any atom is -0.310 e. The zero-order valence-electron chi connectivity index (χ0n) is 67.0. The number of rotatable bonds is 7. The monoisotopic (exact) mass is 792 g/mol. The molecule has 0 radical (unpaired) electrons. The molecule has 1 heterocycles. The third-order valence-corrected chi connectivity index (χ3v) is 9.69. The number of fused-ring (bicyclic) bond motifs is 6. The van der Waals surface area contributed by atoms with Crippen LogP contribution >= 0.6 is 0 Å². The summed E-state index contributed by atoms with van der Waals surface area (Å²) in [7, 11) is 0. The molecule has 1 aliphatic carbocycles. The van der Waals surface area contributed by atoms with Crippen LogP contribution in [0.15, 0.2) is 218 Å². The first kappa shape index (κ1) is 13.6. The maximum atomic E-state index is 10.0.